The predicted octanol–water partition coefficient (Wildman–Crippen LogP) is 1.99. The number of carboxylic acid groups (broad SMARTS) is 1. The molecule has 0 bridgehead atoms. The molecule has 0 saturated heterocycles. The third-order valence-corrected chi connectivity index (χ3v) is 7.18. The summed E-state index contributed by atoms with van der Waals surface area (Å²) in [6.07, 6.45) is 1.40. The minimum absolute atomic E-state index is 0.0677. The van der Waals surface area contributed by atoms with Gasteiger partial charge < -0.3 is 25.2 Å². The Morgan fingerprint density at radius 3 is 2.85 bits per heavy atom. The number of aliphatic imine (C=N–C) groups is 1. The molecule has 5 rings (SSSR count). The third-order valence-electron chi connectivity index (χ3n) is 5.97. The molecule has 178 valence electrons. The lowest BCUT2D eigenvalue weighted by Gasteiger charge is -2.17. The molecule has 3 heterocycles. The number of carboxylic acids is 1. The van der Waals surface area contributed by atoms with Crippen LogP contribution >= 0.6 is 11.3 Å². The van der Waals surface area contributed by atoms with E-state index in [9.17, 15) is 19.5 Å². The molecule has 1 fully saturated rings. The summed E-state index contributed by atoms with van der Waals surface area (Å²) >= 11 is 1.32. The highest BCUT2D eigenvalue weighted by Crippen LogP contribution is 2.49. The highest BCUT2D eigenvalue weighted by molar-refractivity contribution is 7.14. The molecular weight excluding hydrogens is 460 g/mol. The van der Waals surface area contributed by atoms with Crippen molar-refractivity contribution in [1.29, 1.82) is 0 Å². The van der Waals surface area contributed by atoms with Crippen molar-refractivity contribution < 1.29 is 29.0 Å². The molecule has 1 saturated carbocycles. The molecule has 1 aliphatic carbocycles. The van der Waals surface area contributed by atoms with Gasteiger partial charge in [-0.25, -0.2) is 0 Å². The molecule has 0 spiro atoms. The van der Waals surface area contributed by atoms with Crippen molar-refractivity contribution in [3.8, 4) is 11.5 Å². The Morgan fingerprint density at radius 2 is 2.06 bits per heavy atom. The number of carbonyl (C=O) groups is 3. The van der Waals surface area contributed by atoms with Crippen molar-refractivity contribution in [3.63, 3.8) is 0 Å². The molecule has 2 aromatic rings. The van der Waals surface area contributed by atoms with Gasteiger partial charge in [-0.2, -0.15) is 0 Å². The van der Waals surface area contributed by atoms with Gasteiger partial charge in [0, 0.05) is 29.8 Å². The molecule has 1 aromatic carbocycles. The summed E-state index contributed by atoms with van der Waals surface area (Å²) in [7, 11) is 0. The van der Waals surface area contributed by atoms with Gasteiger partial charge in [0.15, 0.2) is 17.5 Å². The highest BCUT2D eigenvalue weighted by atomic mass is 32.1. The van der Waals surface area contributed by atoms with Crippen molar-refractivity contribution in [2.45, 2.75) is 31.2 Å². The zero-order valence-corrected chi connectivity index (χ0v) is 19.0. The van der Waals surface area contributed by atoms with E-state index >= 15 is 0 Å². The standard InChI is InChI=1S/C23H24N4O6S/c28-20(29)10-15(12-2-3-16-17(8-12)33-11-32-16)26-22(31)19-5-4-18(34-19)13-9-14(13)21(30)27-23-24-6-1-7-25-23/h2-5,8,13-15H,1,6-7,9-11H2,(H,26,31)(H,28,29)(H2,24,25,27,30)/t13?,14?,15-/m1/s1. The van der Waals surface area contributed by atoms with Crippen LogP contribution in [0.5, 0.6) is 11.5 Å². The largest absolute Gasteiger partial charge is 0.481 e. The Balaban J connectivity index is 1.22. The highest BCUT2D eigenvalue weighted by Gasteiger charge is 2.45. The van der Waals surface area contributed by atoms with Gasteiger partial charge in [-0.05, 0) is 42.7 Å². The molecule has 2 unspecified atom stereocenters. The van der Waals surface area contributed by atoms with Crippen LogP contribution in [0.1, 0.15) is 51.3 Å². The average Bonchev–Trinajstić information content (AvgIpc) is 3.24. The lowest BCUT2D eigenvalue weighted by molar-refractivity contribution is -0.137. The van der Waals surface area contributed by atoms with Crippen LogP contribution in [0.3, 0.4) is 0 Å². The number of carbonyl (C=O) groups excluding carboxylic acids is 2. The van der Waals surface area contributed by atoms with Gasteiger partial charge in [0.25, 0.3) is 5.91 Å². The van der Waals surface area contributed by atoms with Gasteiger partial charge in [-0.3, -0.25) is 24.7 Å². The molecule has 34 heavy (non-hydrogen) atoms. The fourth-order valence-electron chi connectivity index (χ4n) is 4.09. The molecule has 2 amide bonds. The number of guanidine groups is 1. The predicted molar refractivity (Wildman–Crippen MR) is 123 cm³/mol. The quantitative estimate of drug-likeness (QED) is 0.471. The second-order valence-corrected chi connectivity index (χ2v) is 9.50. The van der Waals surface area contributed by atoms with E-state index in [0.29, 0.717) is 34.4 Å². The fraction of sp³-hybridized carbons (Fsp3) is 0.391. The Morgan fingerprint density at radius 1 is 1.21 bits per heavy atom. The fourth-order valence-corrected chi connectivity index (χ4v) is 5.17. The molecule has 3 aliphatic rings. The first kappa shape index (κ1) is 22.2. The van der Waals surface area contributed by atoms with E-state index in [1.807, 2.05) is 6.07 Å². The summed E-state index contributed by atoms with van der Waals surface area (Å²) in [6.45, 7) is 1.61. The van der Waals surface area contributed by atoms with E-state index < -0.39 is 12.0 Å². The average molecular weight is 485 g/mol. The zero-order chi connectivity index (χ0) is 23.7. The third kappa shape index (κ3) is 4.84. The van der Waals surface area contributed by atoms with Crippen LogP contribution in [0.4, 0.5) is 0 Å². The van der Waals surface area contributed by atoms with E-state index in [2.05, 4.69) is 20.9 Å². The number of ether oxygens (including phenoxy) is 2. The molecule has 2 aliphatic heterocycles. The number of benzene rings is 1. The van der Waals surface area contributed by atoms with Crippen LogP contribution in [-0.2, 0) is 9.59 Å². The second kappa shape index (κ2) is 9.34. The van der Waals surface area contributed by atoms with Crippen LogP contribution in [-0.4, -0.2) is 48.7 Å². The second-order valence-electron chi connectivity index (χ2n) is 8.39. The SMILES string of the molecule is O=C(O)C[C@@H](NC(=O)c1ccc(C2CC2C(=O)NC2=NCCCN2)s1)c1ccc2c(c1)OCO2. The molecule has 11 heteroatoms. The van der Waals surface area contributed by atoms with Gasteiger partial charge in [-0.15, -0.1) is 11.3 Å². The molecule has 4 N–H and O–H groups in total. The van der Waals surface area contributed by atoms with Gasteiger partial charge in [-0.1, -0.05) is 6.07 Å². The first-order valence-corrected chi connectivity index (χ1v) is 11.9. The number of rotatable bonds is 7. The summed E-state index contributed by atoms with van der Waals surface area (Å²) in [5, 5.41) is 18.1. The normalized spacial score (nSPS) is 21.1. The lowest BCUT2D eigenvalue weighted by atomic mass is 10.0. The maximum Gasteiger partial charge on any atom is 0.305 e. The van der Waals surface area contributed by atoms with E-state index in [-0.39, 0.29) is 36.9 Å². The monoisotopic (exact) mass is 484 g/mol. The molecule has 1 aromatic heterocycles. The molecule has 0 radical (unpaired) electrons. The minimum atomic E-state index is -1.03. The number of nitrogens with zero attached hydrogens (tertiary/aromatic N) is 1. The number of thiophene rings is 1. The van der Waals surface area contributed by atoms with E-state index in [1.54, 1.807) is 24.3 Å². The summed E-state index contributed by atoms with van der Waals surface area (Å²) < 4.78 is 10.7. The van der Waals surface area contributed by atoms with Gasteiger partial charge in [0.05, 0.1) is 17.3 Å². The van der Waals surface area contributed by atoms with Crippen LogP contribution in [0.25, 0.3) is 0 Å². The number of fused-ring (bicyclic) bond motifs is 1. The number of aliphatic carboxylic acids is 1. The summed E-state index contributed by atoms with van der Waals surface area (Å²) in [5.74, 6) is 0.104. The Hall–Kier alpha value is -3.60. The van der Waals surface area contributed by atoms with Crippen molar-refractivity contribution in [3.05, 3.63) is 45.6 Å². The Labute approximate surface area is 199 Å². The molecular formula is C23H24N4O6S. The van der Waals surface area contributed by atoms with Crippen LogP contribution < -0.4 is 25.4 Å². The van der Waals surface area contributed by atoms with E-state index in [4.69, 9.17) is 9.47 Å². The van der Waals surface area contributed by atoms with Crippen molar-refractivity contribution >= 4 is 35.1 Å². The van der Waals surface area contributed by atoms with Gasteiger partial charge in [0.1, 0.15) is 0 Å². The molecule has 3 atom stereocenters. The first-order chi connectivity index (χ1) is 16.5. The van der Waals surface area contributed by atoms with Crippen LogP contribution in [0, 0.1) is 5.92 Å². The Kier molecular flexibility index (Phi) is 6.10. The Bertz CT molecular complexity index is 1160. The molecule has 10 nitrogen and oxygen atoms in total. The van der Waals surface area contributed by atoms with Crippen molar-refractivity contribution in [1.82, 2.24) is 16.0 Å². The van der Waals surface area contributed by atoms with Crippen molar-refractivity contribution in [2.75, 3.05) is 19.9 Å². The number of amides is 2. The van der Waals surface area contributed by atoms with Crippen LogP contribution in [0.15, 0.2) is 35.3 Å². The van der Waals surface area contributed by atoms with Gasteiger partial charge >= 0.3 is 5.97 Å². The maximum absolute atomic E-state index is 12.9. The first-order valence-electron chi connectivity index (χ1n) is 11.1. The minimum Gasteiger partial charge on any atom is -0.481 e. The summed E-state index contributed by atoms with van der Waals surface area (Å²) in [4.78, 5) is 42.5. The maximum atomic E-state index is 12.9. The van der Waals surface area contributed by atoms with E-state index in [0.717, 1.165) is 24.3 Å². The number of hydrogen-bond donors (Lipinski definition) is 4. The topological polar surface area (TPSA) is 138 Å². The number of nitrogens with one attached hydrogen (secondary N) is 3. The van der Waals surface area contributed by atoms with E-state index in [1.165, 1.54) is 11.3 Å². The number of hydrogen-bond acceptors (Lipinski definition) is 8. The van der Waals surface area contributed by atoms with Crippen LogP contribution in [0.2, 0.25) is 0 Å². The zero-order valence-electron chi connectivity index (χ0n) is 18.2. The lowest BCUT2D eigenvalue weighted by Crippen LogP contribution is -2.44. The van der Waals surface area contributed by atoms with Gasteiger partial charge in [0.2, 0.25) is 12.7 Å². The summed E-state index contributed by atoms with van der Waals surface area (Å²) in [6, 6.07) is 7.96. The van der Waals surface area contributed by atoms with Crippen molar-refractivity contribution in [2.24, 2.45) is 10.9 Å². The smallest absolute Gasteiger partial charge is 0.305 e. The summed E-state index contributed by atoms with van der Waals surface area (Å²) in [5.41, 5.74) is 0.620.